The Morgan fingerprint density at radius 3 is 2.03 bits per heavy atom. The van der Waals surface area contributed by atoms with Gasteiger partial charge in [0.25, 0.3) is 0 Å². The summed E-state index contributed by atoms with van der Waals surface area (Å²) in [5.74, 6) is -0.812. The van der Waals surface area contributed by atoms with Crippen LogP contribution in [0.3, 0.4) is 0 Å². The SMILES string of the molecule is O=C(NCc1cc(-c2ccc(F)cc2)ncn1)C(c1ccccc1)c1ccccc1. The van der Waals surface area contributed by atoms with Crippen LogP contribution in [0.2, 0.25) is 0 Å². The van der Waals surface area contributed by atoms with Crippen LogP contribution in [0.1, 0.15) is 22.7 Å². The molecule has 1 heterocycles. The van der Waals surface area contributed by atoms with E-state index < -0.39 is 5.92 Å². The molecule has 1 amide bonds. The Hall–Kier alpha value is -3.86. The van der Waals surface area contributed by atoms with Gasteiger partial charge >= 0.3 is 0 Å². The molecule has 4 aromatic rings. The summed E-state index contributed by atoms with van der Waals surface area (Å²) in [5, 5.41) is 2.99. The van der Waals surface area contributed by atoms with Crippen LogP contribution in [0.15, 0.2) is 97.3 Å². The van der Waals surface area contributed by atoms with Gasteiger partial charge in [0.05, 0.1) is 23.9 Å². The molecule has 30 heavy (non-hydrogen) atoms. The molecule has 3 aromatic carbocycles. The first kappa shape index (κ1) is 19.5. The van der Waals surface area contributed by atoms with Crippen LogP contribution in [-0.4, -0.2) is 15.9 Å². The third kappa shape index (κ3) is 4.58. The van der Waals surface area contributed by atoms with Gasteiger partial charge in [-0.25, -0.2) is 14.4 Å². The van der Waals surface area contributed by atoms with E-state index in [4.69, 9.17) is 0 Å². The molecule has 0 aliphatic heterocycles. The van der Waals surface area contributed by atoms with Crippen molar-refractivity contribution in [1.82, 2.24) is 15.3 Å². The largest absolute Gasteiger partial charge is 0.350 e. The second-order valence-electron chi connectivity index (χ2n) is 6.87. The molecular weight excluding hydrogens is 377 g/mol. The van der Waals surface area contributed by atoms with E-state index >= 15 is 0 Å². The average Bonchev–Trinajstić information content (AvgIpc) is 2.80. The zero-order valence-electron chi connectivity index (χ0n) is 16.2. The number of nitrogens with one attached hydrogen (secondary N) is 1. The van der Waals surface area contributed by atoms with Crippen molar-refractivity contribution in [2.75, 3.05) is 0 Å². The van der Waals surface area contributed by atoms with Gasteiger partial charge in [-0.15, -0.1) is 0 Å². The number of carbonyl (C=O) groups is 1. The van der Waals surface area contributed by atoms with Gasteiger partial charge in [0, 0.05) is 5.56 Å². The summed E-state index contributed by atoms with van der Waals surface area (Å²) in [5.41, 5.74) is 4.00. The molecule has 0 radical (unpaired) electrons. The number of hydrogen-bond donors (Lipinski definition) is 1. The number of amides is 1. The lowest BCUT2D eigenvalue weighted by molar-refractivity contribution is -0.121. The molecular formula is C25H20FN3O. The summed E-state index contributed by atoms with van der Waals surface area (Å²) < 4.78 is 13.2. The fraction of sp³-hybridized carbons (Fsp3) is 0.0800. The molecule has 0 aliphatic carbocycles. The Balaban J connectivity index is 1.53. The minimum atomic E-state index is -0.411. The number of hydrogen-bond acceptors (Lipinski definition) is 3. The standard InChI is InChI=1S/C25H20FN3O/c26-21-13-11-18(12-14-21)23-15-22(28-17-29-23)16-27-25(30)24(19-7-3-1-4-8-19)20-9-5-2-6-10-20/h1-15,17,24H,16H2,(H,27,30). The smallest absolute Gasteiger partial charge is 0.232 e. The number of carbonyl (C=O) groups excluding carboxylic acids is 1. The first-order valence-corrected chi connectivity index (χ1v) is 9.65. The first-order valence-electron chi connectivity index (χ1n) is 9.65. The summed E-state index contributed by atoms with van der Waals surface area (Å²) in [6, 6.07) is 27.3. The van der Waals surface area contributed by atoms with Crippen molar-refractivity contribution in [2.45, 2.75) is 12.5 Å². The van der Waals surface area contributed by atoms with Gasteiger partial charge in [-0.2, -0.15) is 0 Å². The molecule has 4 rings (SSSR count). The maximum absolute atomic E-state index is 13.2. The van der Waals surface area contributed by atoms with Gasteiger partial charge in [-0.3, -0.25) is 4.79 Å². The second-order valence-corrected chi connectivity index (χ2v) is 6.87. The topological polar surface area (TPSA) is 54.9 Å². The average molecular weight is 397 g/mol. The van der Waals surface area contributed by atoms with E-state index in [2.05, 4.69) is 15.3 Å². The summed E-state index contributed by atoms with van der Waals surface area (Å²) in [4.78, 5) is 21.6. The molecule has 0 atom stereocenters. The summed E-state index contributed by atoms with van der Waals surface area (Å²) in [7, 11) is 0. The van der Waals surface area contributed by atoms with E-state index in [-0.39, 0.29) is 18.3 Å². The fourth-order valence-electron chi connectivity index (χ4n) is 3.34. The Morgan fingerprint density at radius 2 is 1.43 bits per heavy atom. The summed E-state index contributed by atoms with van der Waals surface area (Å²) in [6.45, 7) is 0.270. The number of benzene rings is 3. The van der Waals surface area contributed by atoms with Crippen molar-refractivity contribution in [1.29, 1.82) is 0 Å². The number of halogens is 1. The van der Waals surface area contributed by atoms with Crippen LogP contribution >= 0.6 is 0 Å². The first-order chi connectivity index (χ1) is 14.7. The van der Waals surface area contributed by atoms with Crippen LogP contribution in [-0.2, 0) is 11.3 Å². The van der Waals surface area contributed by atoms with Gasteiger partial charge in [0.15, 0.2) is 0 Å². The Morgan fingerprint density at radius 1 is 0.833 bits per heavy atom. The van der Waals surface area contributed by atoms with Crippen molar-refractivity contribution < 1.29 is 9.18 Å². The monoisotopic (exact) mass is 397 g/mol. The fourth-order valence-corrected chi connectivity index (χ4v) is 3.34. The number of rotatable bonds is 6. The van der Waals surface area contributed by atoms with E-state index in [1.807, 2.05) is 60.7 Å². The molecule has 0 fully saturated rings. The molecule has 0 unspecified atom stereocenters. The van der Waals surface area contributed by atoms with E-state index in [0.29, 0.717) is 11.4 Å². The van der Waals surface area contributed by atoms with Crippen LogP contribution in [0.4, 0.5) is 4.39 Å². The van der Waals surface area contributed by atoms with Gasteiger partial charge < -0.3 is 5.32 Å². The zero-order chi connectivity index (χ0) is 20.8. The molecule has 148 valence electrons. The lowest BCUT2D eigenvalue weighted by atomic mass is 9.90. The van der Waals surface area contributed by atoms with Crippen LogP contribution in [0, 0.1) is 5.82 Å². The zero-order valence-corrected chi connectivity index (χ0v) is 16.2. The highest BCUT2D eigenvalue weighted by Crippen LogP contribution is 2.25. The molecule has 0 spiro atoms. The predicted molar refractivity (Wildman–Crippen MR) is 114 cm³/mol. The number of nitrogens with zero attached hydrogens (tertiary/aromatic N) is 2. The Bertz CT molecular complexity index is 1080. The Kier molecular flexibility index (Phi) is 5.90. The van der Waals surface area contributed by atoms with Crippen molar-refractivity contribution in [2.24, 2.45) is 0 Å². The number of aromatic nitrogens is 2. The molecule has 0 saturated carbocycles. The van der Waals surface area contributed by atoms with Gasteiger partial charge in [-0.1, -0.05) is 60.7 Å². The minimum absolute atomic E-state index is 0.102. The normalized spacial score (nSPS) is 10.7. The highest BCUT2D eigenvalue weighted by molar-refractivity contribution is 5.87. The van der Waals surface area contributed by atoms with E-state index in [0.717, 1.165) is 16.7 Å². The van der Waals surface area contributed by atoms with Crippen molar-refractivity contribution in [3.05, 3.63) is 120 Å². The summed E-state index contributed by atoms with van der Waals surface area (Å²) >= 11 is 0. The molecule has 0 saturated heterocycles. The molecule has 1 aromatic heterocycles. The molecule has 5 heteroatoms. The van der Waals surface area contributed by atoms with Crippen LogP contribution < -0.4 is 5.32 Å². The molecule has 0 bridgehead atoms. The van der Waals surface area contributed by atoms with Gasteiger partial charge in [0.2, 0.25) is 5.91 Å². The van der Waals surface area contributed by atoms with Crippen LogP contribution in [0.5, 0.6) is 0 Å². The molecule has 0 aliphatic rings. The quantitative estimate of drug-likeness (QED) is 0.512. The summed E-state index contributed by atoms with van der Waals surface area (Å²) in [6.07, 6.45) is 1.45. The van der Waals surface area contributed by atoms with Crippen LogP contribution in [0.25, 0.3) is 11.3 Å². The molecule has 4 nitrogen and oxygen atoms in total. The lowest BCUT2D eigenvalue weighted by Gasteiger charge is -2.18. The predicted octanol–water partition coefficient (Wildman–Crippen LogP) is 4.73. The second kappa shape index (κ2) is 9.09. The maximum Gasteiger partial charge on any atom is 0.232 e. The van der Waals surface area contributed by atoms with E-state index in [1.165, 1.54) is 18.5 Å². The third-order valence-electron chi connectivity index (χ3n) is 4.84. The lowest BCUT2D eigenvalue weighted by Crippen LogP contribution is -2.30. The van der Waals surface area contributed by atoms with Crippen molar-refractivity contribution in [3.8, 4) is 11.3 Å². The van der Waals surface area contributed by atoms with Crippen molar-refractivity contribution in [3.63, 3.8) is 0 Å². The Labute approximate surface area is 174 Å². The highest BCUT2D eigenvalue weighted by atomic mass is 19.1. The van der Waals surface area contributed by atoms with Gasteiger partial charge in [0.1, 0.15) is 12.1 Å². The van der Waals surface area contributed by atoms with E-state index in [9.17, 15) is 9.18 Å². The molecule has 1 N–H and O–H groups in total. The van der Waals surface area contributed by atoms with E-state index in [1.54, 1.807) is 18.2 Å². The van der Waals surface area contributed by atoms with Crippen molar-refractivity contribution >= 4 is 5.91 Å². The minimum Gasteiger partial charge on any atom is -0.350 e. The third-order valence-corrected chi connectivity index (χ3v) is 4.84. The maximum atomic E-state index is 13.2. The highest BCUT2D eigenvalue weighted by Gasteiger charge is 2.22. The van der Waals surface area contributed by atoms with Gasteiger partial charge in [-0.05, 0) is 41.5 Å².